The molecular formula is C15H20ClN3O2. The number of nitrogens with one attached hydrogen (secondary N) is 1. The molecule has 1 aliphatic carbocycles. The van der Waals surface area contributed by atoms with E-state index in [0.29, 0.717) is 16.3 Å². The van der Waals surface area contributed by atoms with Gasteiger partial charge in [0.25, 0.3) is 0 Å². The fourth-order valence-electron chi connectivity index (χ4n) is 2.88. The molecular weight excluding hydrogens is 290 g/mol. The summed E-state index contributed by atoms with van der Waals surface area (Å²) in [5, 5.41) is 14.9. The molecule has 0 bridgehead atoms. The van der Waals surface area contributed by atoms with Gasteiger partial charge in [-0.05, 0) is 37.5 Å². The molecule has 0 spiro atoms. The van der Waals surface area contributed by atoms with Crippen LogP contribution in [0.25, 0.3) is 0 Å². The Balaban J connectivity index is 2.18. The number of benzene rings is 1. The van der Waals surface area contributed by atoms with Crippen LogP contribution < -0.4 is 11.1 Å². The number of amides is 1. The minimum atomic E-state index is -0.270. The number of anilines is 1. The quantitative estimate of drug-likeness (QED) is 0.345. The molecule has 6 heteroatoms. The van der Waals surface area contributed by atoms with E-state index in [0.717, 1.165) is 32.1 Å². The van der Waals surface area contributed by atoms with Gasteiger partial charge >= 0.3 is 0 Å². The third-order valence-electron chi connectivity index (χ3n) is 4.34. The minimum Gasteiger partial charge on any atom is -0.409 e. The second kappa shape index (κ2) is 6.35. The molecule has 5 nitrogen and oxygen atoms in total. The molecule has 0 unspecified atom stereocenters. The van der Waals surface area contributed by atoms with Crippen LogP contribution in [0.2, 0.25) is 5.02 Å². The van der Waals surface area contributed by atoms with Crippen LogP contribution in [-0.2, 0) is 4.79 Å². The molecule has 0 aliphatic heterocycles. The average molecular weight is 310 g/mol. The lowest BCUT2D eigenvalue weighted by Gasteiger charge is -2.26. The standard InChI is InChI=1S/C15H20ClN3O2/c1-2-15(7-3-4-8-15)14(20)18-12-6-5-10(9-11(12)16)13(17)19-21/h5-6,9,21H,2-4,7-8H2,1H3,(H2,17,19)(H,18,20). The highest BCUT2D eigenvalue weighted by atomic mass is 35.5. The molecule has 0 radical (unpaired) electrons. The Labute approximate surface area is 129 Å². The zero-order valence-corrected chi connectivity index (χ0v) is 12.8. The number of amidine groups is 1. The van der Waals surface area contributed by atoms with Crippen molar-refractivity contribution in [1.82, 2.24) is 0 Å². The molecule has 1 aromatic carbocycles. The van der Waals surface area contributed by atoms with Gasteiger partial charge in [-0.25, -0.2) is 0 Å². The first-order valence-corrected chi connectivity index (χ1v) is 7.49. The normalized spacial score (nSPS) is 17.7. The van der Waals surface area contributed by atoms with Crippen molar-refractivity contribution in [3.63, 3.8) is 0 Å². The van der Waals surface area contributed by atoms with E-state index in [1.807, 2.05) is 6.92 Å². The third-order valence-corrected chi connectivity index (χ3v) is 4.65. The van der Waals surface area contributed by atoms with Crippen molar-refractivity contribution in [2.24, 2.45) is 16.3 Å². The van der Waals surface area contributed by atoms with Crippen molar-refractivity contribution in [2.45, 2.75) is 39.0 Å². The van der Waals surface area contributed by atoms with Crippen molar-refractivity contribution in [3.05, 3.63) is 28.8 Å². The monoisotopic (exact) mass is 309 g/mol. The second-order valence-electron chi connectivity index (χ2n) is 5.47. The van der Waals surface area contributed by atoms with Crippen LogP contribution in [0.15, 0.2) is 23.4 Å². The Hall–Kier alpha value is -1.75. The molecule has 1 fully saturated rings. The SMILES string of the molecule is CCC1(C(=O)Nc2ccc(/C(N)=N/O)cc2Cl)CCCC1. The largest absolute Gasteiger partial charge is 0.409 e. The number of nitrogens with two attached hydrogens (primary N) is 1. The summed E-state index contributed by atoms with van der Waals surface area (Å²) in [6.07, 6.45) is 4.87. The number of oxime groups is 1. The fraction of sp³-hybridized carbons (Fsp3) is 0.467. The van der Waals surface area contributed by atoms with Crippen molar-refractivity contribution < 1.29 is 10.0 Å². The summed E-state index contributed by atoms with van der Waals surface area (Å²) >= 11 is 6.16. The predicted molar refractivity (Wildman–Crippen MR) is 83.8 cm³/mol. The van der Waals surface area contributed by atoms with Crippen LogP contribution in [0.1, 0.15) is 44.6 Å². The van der Waals surface area contributed by atoms with E-state index in [9.17, 15) is 4.79 Å². The number of hydrogen-bond donors (Lipinski definition) is 3. The summed E-state index contributed by atoms with van der Waals surface area (Å²) < 4.78 is 0. The first kappa shape index (κ1) is 15.6. The lowest BCUT2D eigenvalue weighted by atomic mass is 9.82. The van der Waals surface area contributed by atoms with E-state index in [1.54, 1.807) is 18.2 Å². The predicted octanol–water partition coefficient (Wildman–Crippen LogP) is 3.34. The Kier molecular flexibility index (Phi) is 4.73. The zero-order valence-electron chi connectivity index (χ0n) is 12.0. The van der Waals surface area contributed by atoms with Gasteiger partial charge in [0.05, 0.1) is 10.7 Å². The first-order valence-electron chi connectivity index (χ1n) is 7.11. The molecule has 1 aliphatic rings. The van der Waals surface area contributed by atoms with Crippen LogP contribution in [0, 0.1) is 5.41 Å². The maximum Gasteiger partial charge on any atom is 0.230 e. The Morgan fingerprint density at radius 2 is 2.14 bits per heavy atom. The van der Waals surface area contributed by atoms with Crippen molar-refractivity contribution in [2.75, 3.05) is 5.32 Å². The van der Waals surface area contributed by atoms with E-state index in [4.69, 9.17) is 22.5 Å². The van der Waals surface area contributed by atoms with E-state index < -0.39 is 0 Å². The van der Waals surface area contributed by atoms with Gasteiger partial charge in [0, 0.05) is 11.0 Å². The molecule has 114 valence electrons. The fourth-order valence-corrected chi connectivity index (χ4v) is 3.11. The van der Waals surface area contributed by atoms with E-state index in [2.05, 4.69) is 10.5 Å². The van der Waals surface area contributed by atoms with Crippen LogP contribution in [-0.4, -0.2) is 17.0 Å². The van der Waals surface area contributed by atoms with Crippen molar-refractivity contribution >= 4 is 29.0 Å². The highest BCUT2D eigenvalue weighted by Crippen LogP contribution is 2.42. The minimum absolute atomic E-state index is 0.0180. The van der Waals surface area contributed by atoms with E-state index >= 15 is 0 Å². The van der Waals surface area contributed by atoms with Gasteiger partial charge in [0.1, 0.15) is 0 Å². The van der Waals surface area contributed by atoms with Crippen LogP contribution >= 0.6 is 11.6 Å². The molecule has 0 heterocycles. The Morgan fingerprint density at radius 3 is 2.67 bits per heavy atom. The van der Waals surface area contributed by atoms with Crippen LogP contribution in [0.4, 0.5) is 5.69 Å². The summed E-state index contributed by atoms with van der Waals surface area (Å²) in [7, 11) is 0. The second-order valence-corrected chi connectivity index (χ2v) is 5.88. The summed E-state index contributed by atoms with van der Waals surface area (Å²) in [5.74, 6) is 0.0107. The number of hydrogen-bond acceptors (Lipinski definition) is 3. The number of carbonyl (C=O) groups is 1. The van der Waals surface area contributed by atoms with Gasteiger partial charge < -0.3 is 16.3 Å². The Bertz CT molecular complexity index is 566. The number of carbonyl (C=O) groups excluding carboxylic acids is 1. The maximum absolute atomic E-state index is 12.5. The number of halogens is 1. The number of nitrogens with zero attached hydrogens (tertiary/aromatic N) is 1. The smallest absolute Gasteiger partial charge is 0.230 e. The molecule has 2 rings (SSSR count). The van der Waals surface area contributed by atoms with Gasteiger partial charge in [0.2, 0.25) is 5.91 Å². The zero-order chi connectivity index (χ0) is 15.5. The summed E-state index contributed by atoms with van der Waals surface area (Å²) in [6.45, 7) is 2.05. The van der Waals surface area contributed by atoms with Gasteiger partial charge in [-0.1, -0.05) is 36.5 Å². The molecule has 0 saturated heterocycles. The molecule has 1 aromatic rings. The summed E-state index contributed by atoms with van der Waals surface area (Å²) in [5.41, 5.74) is 6.30. The topological polar surface area (TPSA) is 87.7 Å². The van der Waals surface area contributed by atoms with Gasteiger partial charge in [-0.15, -0.1) is 0 Å². The van der Waals surface area contributed by atoms with E-state index in [-0.39, 0.29) is 17.2 Å². The van der Waals surface area contributed by atoms with Gasteiger partial charge in [0.15, 0.2) is 5.84 Å². The average Bonchev–Trinajstić information content (AvgIpc) is 2.98. The van der Waals surface area contributed by atoms with Crippen LogP contribution in [0.5, 0.6) is 0 Å². The van der Waals surface area contributed by atoms with Gasteiger partial charge in [-0.3, -0.25) is 4.79 Å². The Morgan fingerprint density at radius 1 is 1.48 bits per heavy atom. The molecule has 1 saturated carbocycles. The van der Waals surface area contributed by atoms with Gasteiger partial charge in [-0.2, -0.15) is 0 Å². The van der Waals surface area contributed by atoms with E-state index in [1.165, 1.54) is 0 Å². The molecule has 0 atom stereocenters. The lowest BCUT2D eigenvalue weighted by Crippen LogP contribution is -2.33. The highest BCUT2D eigenvalue weighted by molar-refractivity contribution is 6.34. The molecule has 1 amide bonds. The van der Waals surface area contributed by atoms with Crippen molar-refractivity contribution in [1.29, 1.82) is 0 Å². The summed E-state index contributed by atoms with van der Waals surface area (Å²) in [6, 6.07) is 4.90. The molecule has 4 N–H and O–H groups in total. The first-order chi connectivity index (χ1) is 10.0. The maximum atomic E-state index is 12.5. The summed E-state index contributed by atoms with van der Waals surface area (Å²) in [4.78, 5) is 12.5. The van der Waals surface area contributed by atoms with Crippen molar-refractivity contribution in [3.8, 4) is 0 Å². The number of rotatable bonds is 4. The molecule has 0 aromatic heterocycles. The lowest BCUT2D eigenvalue weighted by molar-refractivity contribution is -0.125. The highest BCUT2D eigenvalue weighted by Gasteiger charge is 2.39. The third kappa shape index (κ3) is 3.13. The molecule has 21 heavy (non-hydrogen) atoms. The van der Waals surface area contributed by atoms with Crippen LogP contribution in [0.3, 0.4) is 0 Å².